The van der Waals surface area contributed by atoms with Gasteiger partial charge in [0.25, 0.3) is 0 Å². The minimum atomic E-state index is -0.732. The Bertz CT molecular complexity index is 836. The number of hydrogen-bond acceptors (Lipinski definition) is 12. The van der Waals surface area contributed by atoms with Crippen LogP contribution in [-0.4, -0.2) is 111 Å². The van der Waals surface area contributed by atoms with E-state index in [1.807, 2.05) is 55.4 Å². The van der Waals surface area contributed by atoms with Gasteiger partial charge in [0.2, 0.25) is 0 Å². The minimum Gasteiger partial charge on any atom is -0.372 e. The second kappa shape index (κ2) is 10.6. The normalized spacial score (nSPS) is 46.2. The number of ether oxygens (including phenoxy) is 12. The van der Waals surface area contributed by atoms with Crippen molar-refractivity contribution in [1.29, 1.82) is 0 Å². The average Bonchev–Trinajstić information content (AvgIpc) is 3.63. The number of hydrogen-bond donors (Lipinski definition) is 0. The molecule has 0 bridgehead atoms. The molecule has 6 rings (SSSR count). The maximum absolute atomic E-state index is 6.37. The van der Waals surface area contributed by atoms with Crippen molar-refractivity contribution in [2.75, 3.05) is 26.4 Å². The van der Waals surface area contributed by atoms with E-state index in [1.165, 1.54) is 0 Å². The van der Waals surface area contributed by atoms with Crippen molar-refractivity contribution in [3.05, 3.63) is 0 Å². The molecule has 0 saturated carbocycles. The molecule has 0 aromatic rings. The van der Waals surface area contributed by atoms with Crippen LogP contribution in [0.15, 0.2) is 0 Å². The van der Waals surface area contributed by atoms with Crippen LogP contribution in [0.1, 0.15) is 68.2 Å². The minimum absolute atomic E-state index is 0.263. The maximum atomic E-state index is 6.37. The SMILES string of the molecule is CC1(C)O[C@H]2O[C@H]([C@H]3COC(C)(C)O3)[C@H](OCCCCO[C@@H]3[C@H]4OC(C)(C)O[C@H]4O[C@@H]3[C@H]3COC(C)(C)O3)[C@H]2O1. The molecule has 12 heteroatoms. The highest BCUT2D eigenvalue weighted by molar-refractivity contribution is 5.00. The van der Waals surface area contributed by atoms with Gasteiger partial charge in [0.1, 0.15) is 48.8 Å². The van der Waals surface area contributed by atoms with E-state index in [9.17, 15) is 0 Å². The van der Waals surface area contributed by atoms with Crippen molar-refractivity contribution in [2.45, 2.75) is 153 Å². The molecule has 10 atom stereocenters. The van der Waals surface area contributed by atoms with Crippen molar-refractivity contribution in [3.63, 3.8) is 0 Å². The van der Waals surface area contributed by atoms with Crippen molar-refractivity contribution in [2.24, 2.45) is 0 Å². The zero-order chi connectivity index (χ0) is 28.5. The Morgan fingerprint density at radius 1 is 0.500 bits per heavy atom. The smallest absolute Gasteiger partial charge is 0.190 e. The lowest BCUT2D eigenvalue weighted by Gasteiger charge is -2.29. The average molecular weight is 575 g/mol. The summed E-state index contributed by atoms with van der Waals surface area (Å²) >= 11 is 0. The van der Waals surface area contributed by atoms with E-state index in [1.54, 1.807) is 0 Å². The van der Waals surface area contributed by atoms with Crippen LogP contribution in [0.4, 0.5) is 0 Å². The molecule has 6 heterocycles. The van der Waals surface area contributed by atoms with E-state index in [0.29, 0.717) is 26.4 Å². The summed E-state index contributed by atoms with van der Waals surface area (Å²) in [5.41, 5.74) is 0. The first-order valence-electron chi connectivity index (χ1n) is 14.6. The summed E-state index contributed by atoms with van der Waals surface area (Å²) < 4.78 is 73.2. The van der Waals surface area contributed by atoms with Crippen LogP contribution in [0.5, 0.6) is 0 Å². The van der Waals surface area contributed by atoms with Gasteiger partial charge in [0.05, 0.1) is 13.2 Å². The zero-order valence-corrected chi connectivity index (χ0v) is 24.9. The monoisotopic (exact) mass is 574 g/mol. The van der Waals surface area contributed by atoms with E-state index >= 15 is 0 Å². The first kappa shape index (κ1) is 29.6. The highest BCUT2D eigenvalue weighted by Crippen LogP contribution is 2.43. The fourth-order valence-corrected chi connectivity index (χ4v) is 6.38. The van der Waals surface area contributed by atoms with E-state index in [0.717, 1.165) is 12.8 Å². The summed E-state index contributed by atoms with van der Waals surface area (Å²) in [6.07, 6.45) is -2.01. The molecule has 0 unspecified atom stereocenters. The van der Waals surface area contributed by atoms with Crippen LogP contribution in [0.3, 0.4) is 0 Å². The Hall–Kier alpha value is -0.480. The van der Waals surface area contributed by atoms with Gasteiger partial charge >= 0.3 is 0 Å². The van der Waals surface area contributed by atoms with E-state index in [-0.39, 0.29) is 48.8 Å². The van der Waals surface area contributed by atoms with Gasteiger partial charge in [0, 0.05) is 13.2 Å². The topological polar surface area (TPSA) is 111 Å². The summed E-state index contributed by atoms with van der Waals surface area (Å²) in [4.78, 5) is 0. The predicted octanol–water partition coefficient (Wildman–Crippen LogP) is 2.59. The molecule has 0 aliphatic carbocycles. The van der Waals surface area contributed by atoms with Crippen LogP contribution < -0.4 is 0 Å². The summed E-state index contributed by atoms with van der Waals surface area (Å²) in [5, 5.41) is 0. The third-order valence-electron chi connectivity index (χ3n) is 8.01. The number of fused-ring (bicyclic) bond motifs is 2. The van der Waals surface area contributed by atoms with Gasteiger partial charge in [-0.2, -0.15) is 0 Å². The van der Waals surface area contributed by atoms with Crippen LogP contribution in [0, 0.1) is 0 Å². The first-order chi connectivity index (χ1) is 18.7. The molecule has 0 aromatic heterocycles. The van der Waals surface area contributed by atoms with Crippen molar-refractivity contribution < 1.29 is 56.8 Å². The van der Waals surface area contributed by atoms with Gasteiger partial charge in [-0.25, -0.2) is 0 Å². The molecule has 12 nitrogen and oxygen atoms in total. The number of unbranched alkanes of at least 4 members (excludes halogenated alkanes) is 1. The molecule has 0 amide bonds. The Labute approximate surface area is 236 Å². The fourth-order valence-electron chi connectivity index (χ4n) is 6.38. The van der Waals surface area contributed by atoms with Gasteiger partial charge in [0.15, 0.2) is 35.7 Å². The van der Waals surface area contributed by atoms with Gasteiger partial charge in [-0.1, -0.05) is 0 Å². The first-order valence-corrected chi connectivity index (χ1v) is 14.6. The second-order valence-electron chi connectivity index (χ2n) is 13.3. The van der Waals surface area contributed by atoms with Crippen LogP contribution >= 0.6 is 0 Å². The summed E-state index contributed by atoms with van der Waals surface area (Å²) in [6.45, 7) is 17.0. The highest BCUT2D eigenvalue weighted by Gasteiger charge is 2.60. The standard InChI is InChI=1S/C28H46O12/c1-25(2)31-13-15(35-25)17-19(21-23(33-17)39-27(5,6)37-21)29-11-9-10-12-30-20-18(16-14-32-26(3,4)36-16)34-24-22(20)38-28(7,8)40-24/h15-24H,9-14H2,1-8H3/t15-,16-,17-,18-,19+,20+,21-,22-,23-,24-/m1/s1. The molecule has 6 aliphatic heterocycles. The number of rotatable bonds is 9. The lowest BCUT2D eigenvalue weighted by atomic mass is 10.1. The molecule has 6 fully saturated rings. The maximum Gasteiger partial charge on any atom is 0.190 e. The quantitative estimate of drug-likeness (QED) is 0.378. The van der Waals surface area contributed by atoms with Crippen molar-refractivity contribution >= 4 is 0 Å². The molecule has 0 aromatic carbocycles. The molecular weight excluding hydrogens is 528 g/mol. The Morgan fingerprint density at radius 2 is 0.900 bits per heavy atom. The van der Waals surface area contributed by atoms with Gasteiger partial charge < -0.3 is 56.8 Å². The Morgan fingerprint density at radius 3 is 1.25 bits per heavy atom. The lowest BCUT2D eigenvalue weighted by molar-refractivity contribution is -0.237. The molecule has 6 aliphatic rings. The molecule has 230 valence electrons. The summed E-state index contributed by atoms with van der Waals surface area (Å²) in [7, 11) is 0. The van der Waals surface area contributed by atoms with Crippen LogP contribution in [0.25, 0.3) is 0 Å². The highest BCUT2D eigenvalue weighted by atomic mass is 16.9. The molecule has 40 heavy (non-hydrogen) atoms. The molecular formula is C28H46O12. The summed E-state index contributed by atoms with van der Waals surface area (Å²) in [5.74, 6) is -2.79. The molecule has 0 radical (unpaired) electrons. The largest absolute Gasteiger partial charge is 0.372 e. The van der Waals surface area contributed by atoms with Crippen molar-refractivity contribution in [3.8, 4) is 0 Å². The van der Waals surface area contributed by atoms with Crippen LogP contribution in [0.2, 0.25) is 0 Å². The lowest BCUT2D eigenvalue weighted by Crippen LogP contribution is -2.44. The third-order valence-corrected chi connectivity index (χ3v) is 8.01. The molecule has 0 N–H and O–H groups in total. The Balaban J connectivity index is 1.01. The molecule has 6 saturated heterocycles. The van der Waals surface area contributed by atoms with Crippen LogP contribution in [-0.2, 0) is 56.8 Å². The Kier molecular flexibility index (Phi) is 7.84. The van der Waals surface area contributed by atoms with E-state index in [4.69, 9.17) is 56.8 Å². The molecule has 0 spiro atoms. The second-order valence-corrected chi connectivity index (χ2v) is 13.3. The van der Waals surface area contributed by atoms with Gasteiger partial charge in [-0.3, -0.25) is 0 Å². The van der Waals surface area contributed by atoms with Gasteiger partial charge in [-0.05, 0) is 68.2 Å². The third kappa shape index (κ3) is 6.11. The van der Waals surface area contributed by atoms with E-state index in [2.05, 4.69) is 0 Å². The fraction of sp³-hybridized carbons (Fsp3) is 1.00. The van der Waals surface area contributed by atoms with Crippen molar-refractivity contribution in [1.82, 2.24) is 0 Å². The zero-order valence-electron chi connectivity index (χ0n) is 24.9. The van der Waals surface area contributed by atoms with E-state index < -0.39 is 35.7 Å². The summed E-state index contributed by atoms with van der Waals surface area (Å²) in [6, 6.07) is 0. The predicted molar refractivity (Wildman–Crippen MR) is 136 cm³/mol. The van der Waals surface area contributed by atoms with Gasteiger partial charge in [-0.15, -0.1) is 0 Å².